The molecule has 3 aromatic rings. The molecule has 0 saturated heterocycles. The average Bonchev–Trinajstić information content (AvgIpc) is 2.74. The fourth-order valence-corrected chi connectivity index (χ4v) is 3.38. The SMILES string of the molecule is Cc1ccc(NC(=O)/C(C#N)=C/c2cc(C)c(OCc3ccccn3)c(C)c2)c(C)c1. The summed E-state index contributed by atoms with van der Waals surface area (Å²) in [6.45, 7) is 8.18. The highest BCUT2D eigenvalue weighted by molar-refractivity contribution is 6.10. The molecule has 0 atom stereocenters. The monoisotopic (exact) mass is 411 g/mol. The van der Waals surface area contributed by atoms with Crippen LogP contribution in [0.25, 0.3) is 6.08 Å². The van der Waals surface area contributed by atoms with Crippen molar-refractivity contribution in [3.05, 3.63) is 93.8 Å². The molecule has 1 N–H and O–H groups in total. The quantitative estimate of drug-likeness (QED) is 0.433. The second-order valence-corrected chi connectivity index (χ2v) is 7.54. The highest BCUT2D eigenvalue weighted by Crippen LogP contribution is 2.27. The Kier molecular flexibility index (Phi) is 6.84. The van der Waals surface area contributed by atoms with Crippen molar-refractivity contribution >= 4 is 17.7 Å². The number of nitriles is 1. The maximum absolute atomic E-state index is 12.6. The van der Waals surface area contributed by atoms with Crippen molar-refractivity contribution in [2.24, 2.45) is 0 Å². The van der Waals surface area contributed by atoms with Gasteiger partial charge in [0.05, 0.1) is 5.69 Å². The van der Waals surface area contributed by atoms with E-state index in [1.54, 1.807) is 12.3 Å². The third-order valence-corrected chi connectivity index (χ3v) is 4.88. The molecule has 2 aromatic carbocycles. The van der Waals surface area contributed by atoms with E-state index in [1.165, 1.54) is 0 Å². The number of carbonyl (C=O) groups is 1. The van der Waals surface area contributed by atoms with Crippen molar-refractivity contribution in [2.75, 3.05) is 5.32 Å². The maximum atomic E-state index is 12.6. The lowest BCUT2D eigenvalue weighted by molar-refractivity contribution is -0.112. The summed E-state index contributed by atoms with van der Waals surface area (Å²) in [5.74, 6) is 0.348. The van der Waals surface area contributed by atoms with Crippen LogP contribution in [0.15, 0.2) is 60.3 Å². The molecule has 0 fully saturated rings. The van der Waals surface area contributed by atoms with Crippen LogP contribution in [-0.2, 0) is 11.4 Å². The number of aromatic nitrogens is 1. The van der Waals surface area contributed by atoms with Crippen LogP contribution in [0.4, 0.5) is 5.69 Å². The molecule has 0 unspecified atom stereocenters. The summed E-state index contributed by atoms with van der Waals surface area (Å²) in [5, 5.41) is 12.4. The van der Waals surface area contributed by atoms with E-state index >= 15 is 0 Å². The second kappa shape index (κ2) is 9.73. The molecule has 0 spiro atoms. The number of nitrogens with zero attached hydrogens (tertiary/aromatic N) is 2. The third-order valence-electron chi connectivity index (χ3n) is 4.88. The number of carbonyl (C=O) groups excluding carboxylic acids is 1. The number of ether oxygens (including phenoxy) is 1. The Morgan fingerprint density at radius 1 is 1.06 bits per heavy atom. The minimum absolute atomic E-state index is 0.0425. The van der Waals surface area contributed by atoms with E-state index in [0.29, 0.717) is 12.3 Å². The molecule has 3 rings (SSSR count). The zero-order valence-corrected chi connectivity index (χ0v) is 18.2. The summed E-state index contributed by atoms with van der Waals surface area (Å²) in [4.78, 5) is 16.9. The van der Waals surface area contributed by atoms with Gasteiger partial charge in [0.2, 0.25) is 0 Å². The number of benzene rings is 2. The molecule has 1 amide bonds. The van der Waals surface area contributed by atoms with E-state index < -0.39 is 5.91 Å². The van der Waals surface area contributed by atoms with Gasteiger partial charge in [0, 0.05) is 11.9 Å². The molecule has 1 heterocycles. The van der Waals surface area contributed by atoms with E-state index in [-0.39, 0.29) is 5.57 Å². The summed E-state index contributed by atoms with van der Waals surface area (Å²) in [6.07, 6.45) is 3.33. The molecule has 0 bridgehead atoms. The third kappa shape index (κ3) is 5.58. The normalized spacial score (nSPS) is 11.0. The molecule has 0 aliphatic carbocycles. The molecule has 5 heteroatoms. The van der Waals surface area contributed by atoms with Gasteiger partial charge in [-0.2, -0.15) is 5.26 Å². The summed E-state index contributed by atoms with van der Waals surface area (Å²) in [6, 6.07) is 17.3. The Labute approximate surface area is 183 Å². The first-order chi connectivity index (χ1) is 14.9. The summed E-state index contributed by atoms with van der Waals surface area (Å²) in [7, 11) is 0. The van der Waals surface area contributed by atoms with Crippen LogP contribution in [0, 0.1) is 39.0 Å². The molecule has 31 heavy (non-hydrogen) atoms. The van der Waals surface area contributed by atoms with E-state index in [1.807, 2.05) is 82.3 Å². The van der Waals surface area contributed by atoms with Crippen LogP contribution < -0.4 is 10.1 Å². The van der Waals surface area contributed by atoms with Crippen molar-refractivity contribution in [3.63, 3.8) is 0 Å². The Hall–Kier alpha value is -3.91. The Morgan fingerprint density at radius 2 is 1.81 bits per heavy atom. The number of aryl methyl sites for hydroxylation is 4. The van der Waals surface area contributed by atoms with Gasteiger partial charge >= 0.3 is 0 Å². The van der Waals surface area contributed by atoms with Gasteiger partial charge in [0.25, 0.3) is 5.91 Å². The Bertz CT molecular complexity index is 1150. The molecule has 156 valence electrons. The van der Waals surface area contributed by atoms with Crippen LogP contribution in [0.1, 0.15) is 33.5 Å². The molecule has 5 nitrogen and oxygen atoms in total. The number of hydrogen-bond acceptors (Lipinski definition) is 4. The van der Waals surface area contributed by atoms with Crippen LogP contribution in [0.2, 0.25) is 0 Å². The van der Waals surface area contributed by atoms with Gasteiger partial charge in [0.15, 0.2) is 0 Å². The van der Waals surface area contributed by atoms with Crippen LogP contribution in [-0.4, -0.2) is 10.9 Å². The van der Waals surface area contributed by atoms with Crippen molar-refractivity contribution in [2.45, 2.75) is 34.3 Å². The number of nitrogens with one attached hydrogen (secondary N) is 1. The van der Waals surface area contributed by atoms with Crippen LogP contribution in [0.3, 0.4) is 0 Å². The highest BCUT2D eigenvalue weighted by atomic mass is 16.5. The molecular weight excluding hydrogens is 386 g/mol. The molecular formula is C26H25N3O2. The number of hydrogen-bond donors (Lipinski definition) is 1. The predicted molar refractivity (Wildman–Crippen MR) is 123 cm³/mol. The van der Waals surface area contributed by atoms with E-state index in [2.05, 4.69) is 10.3 Å². The number of pyridine rings is 1. The maximum Gasteiger partial charge on any atom is 0.266 e. The van der Waals surface area contributed by atoms with E-state index in [9.17, 15) is 10.1 Å². The van der Waals surface area contributed by atoms with Gasteiger partial charge in [-0.3, -0.25) is 9.78 Å². The zero-order valence-electron chi connectivity index (χ0n) is 18.2. The lowest BCUT2D eigenvalue weighted by Crippen LogP contribution is -2.14. The largest absolute Gasteiger partial charge is 0.487 e. The first-order valence-electron chi connectivity index (χ1n) is 10.0. The summed E-state index contributed by atoms with van der Waals surface area (Å²) < 4.78 is 5.96. The van der Waals surface area contributed by atoms with E-state index in [4.69, 9.17) is 4.74 Å². The minimum Gasteiger partial charge on any atom is -0.487 e. The Balaban J connectivity index is 1.79. The van der Waals surface area contributed by atoms with Crippen molar-refractivity contribution in [1.29, 1.82) is 5.26 Å². The van der Waals surface area contributed by atoms with Crippen molar-refractivity contribution < 1.29 is 9.53 Å². The highest BCUT2D eigenvalue weighted by Gasteiger charge is 2.13. The Morgan fingerprint density at radius 3 is 2.42 bits per heavy atom. The molecule has 0 radical (unpaired) electrons. The van der Waals surface area contributed by atoms with Gasteiger partial charge in [-0.05, 0) is 86.4 Å². The lowest BCUT2D eigenvalue weighted by Gasteiger charge is -2.13. The van der Waals surface area contributed by atoms with Gasteiger partial charge in [0.1, 0.15) is 24.0 Å². The van der Waals surface area contributed by atoms with Gasteiger partial charge < -0.3 is 10.1 Å². The zero-order chi connectivity index (χ0) is 22.4. The number of anilines is 1. The van der Waals surface area contributed by atoms with E-state index in [0.717, 1.165) is 39.3 Å². The predicted octanol–water partition coefficient (Wildman–Crippen LogP) is 5.44. The van der Waals surface area contributed by atoms with Crippen LogP contribution >= 0.6 is 0 Å². The topological polar surface area (TPSA) is 75.0 Å². The minimum atomic E-state index is -0.430. The average molecular weight is 412 g/mol. The second-order valence-electron chi connectivity index (χ2n) is 7.54. The first kappa shape index (κ1) is 21.8. The smallest absolute Gasteiger partial charge is 0.266 e. The molecule has 0 saturated carbocycles. The summed E-state index contributed by atoms with van der Waals surface area (Å²) >= 11 is 0. The standard InChI is InChI=1S/C26H25N3O2/c1-17-8-9-24(18(2)11-17)29-26(30)22(15-27)14-21-12-19(3)25(20(4)13-21)31-16-23-7-5-6-10-28-23/h5-14H,16H2,1-4H3,(H,29,30)/b22-14+. The van der Waals surface area contributed by atoms with Gasteiger partial charge in [-0.15, -0.1) is 0 Å². The number of amides is 1. The fraction of sp³-hybridized carbons (Fsp3) is 0.192. The number of rotatable bonds is 6. The van der Waals surface area contributed by atoms with Crippen molar-refractivity contribution in [3.8, 4) is 11.8 Å². The first-order valence-corrected chi connectivity index (χ1v) is 10.0. The van der Waals surface area contributed by atoms with Crippen LogP contribution in [0.5, 0.6) is 5.75 Å². The molecule has 0 aliphatic rings. The fourth-order valence-electron chi connectivity index (χ4n) is 3.38. The van der Waals surface area contributed by atoms with Crippen molar-refractivity contribution in [1.82, 2.24) is 4.98 Å². The van der Waals surface area contributed by atoms with Gasteiger partial charge in [-0.1, -0.05) is 23.8 Å². The summed E-state index contributed by atoms with van der Waals surface area (Å²) in [5.41, 5.74) is 6.27. The lowest BCUT2D eigenvalue weighted by atomic mass is 10.0. The molecule has 0 aliphatic heterocycles. The molecule has 1 aromatic heterocycles. The van der Waals surface area contributed by atoms with Gasteiger partial charge in [-0.25, -0.2) is 0 Å².